The molecular formula is C16H23NO4. The van der Waals surface area contributed by atoms with Crippen LogP contribution in [0.3, 0.4) is 0 Å². The Hall–Kier alpha value is -1.59. The molecule has 1 aromatic carbocycles. The number of aliphatic hydroxyl groups excluding tert-OH is 1. The number of nitrogens with zero attached hydrogens (tertiary/aromatic N) is 1. The summed E-state index contributed by atoms with van der Waals surface area (Å²) in [4.78, 5) is 14.2. The second kappa shape index (κ2) is 8.00. The average molecular weight is 293 g/mol. The lowest BCUT2D eigenvalue weighted by molar-refractivity contribution is -0.133. The average Bonchev–Trinajstić information content (AvgIpc) is 2.53. The number of methoxy groups -OCH3 is 1. The Labute approximate surface area is 125 Å². The maximum Gasteiger partial charge on any atom is 0.226 e. The summed E-state index contributed by atoms with van der Waals surface area (Å²) in [6.07, 6.45) is 2.24. The van der Waals surface area contributed by atoms with E-state index in [1.807, 2.05) is 29.2 Å². The van der Waals surface area contributed by atoms with Gasteiger partial charge in [0.05, 0.1) is 32.8 Å². The minimum atomic E-state index is 0.0506. The fraction of sp³-hybridized carbons (Fsp3) is 0.562. The fourth-order valence-corrected chi connectivity index (χ4v) is 2.56. The number of hydrogen-bond acceptors (Lipinski definition) is 4. The molecule has 0 saturated carbocycles. The first-order valence-corrected chi connectivity index (χ1v) is 7.36. The van der Waals surface area contributed by atoms with E-state index in [4.69, 9.17) is 14.6 Å². The summed E-state index contributed by atoms with van der Waals surface area (Å²) in [5, 5.41) is 8.74. The van der Waals surface area contributed by atoms with Crippen molar-refractivity contribution in [3.63, 3.8) is 0 Å². The van der Waals surface area contributed by atoms with Crippen molar-refractivity contribution in [2.75, 3.05) is 33.4 Å². The first-order valence-electron chi connectivity index (χ1n) is 7.36. The third-order valence-corrected chi connectivity index (χ3v) is 3.73. The van der Waals surface area contributed by atoms with E-state index in [-0.39, 0.29) is 18.6 Å². The predicted molar refractivity (Wildman–Crippen MR) is 79.3 cm³/mol. The second-order valence-electron chi connectivity index (χ2n) is 5.20. The van der Waals surface area contributed by atoms with Gasteiger partial charge in [-0.05, 0) is 30.5 Å². The maximum absolute atomic E-state index is 12.3. The van der Waals surface area contributed by atoms with E-state index in [1.54, 1.807) is 7.11 Å². The van der Waals surface area contributed by atoms with Crippen LogP contribution in [0.4, 0.5) is 0 Å². The molecule has 21 heavy (non-hydrogen) atoms. The molecule has 1 aliphatic heterocycles. The van der Waals surface area contributed by atoms with Gasteiger partial charge >= 0.3 is 0 Å². The topological polar surface area (TPSA) is 59.0 Å². The predicted octanol–water partition coefficient (Wildman–Crippen LogP) is 1.24. The van der Waals surface area contributed by atoms with Gasteiger partial charge in [0.1, 0.15) is 5.75 Å². The van der Waals surface area contributed by atoms with Crippen LogP contribution in [0.25, 0.3) is 0 Å². The SMILES string of the molecule is COc1cccc(CC(=O)N2CCC(OCCO)CC2)c1. The van der Waals surface area contributed by atoms with Crippen LogP contribution in [-0.2, 0) is 16.0 Å². The van der Waals surface area contributed by atoms with Gasteiger partial charge in [0.25, 0.3) is 0 Å². The third-order valence-electron chi connectivity index (χ3n) is 3.73. The van der Waals surface area contributed by atoms with Gasteiger partial charge < -0.3 is 19.5 Å². The molecule has 116 valence electrons. The van der Waals surface area contributed by atoms with Crippen LogP contribution in [0.15, 0.2) is 24.3 Å². The number of amides is 1. The highest BCUT2D eigenvalue weighted by atomic mass is 16.5. The van der Waals surface area contributed by atoms with Crippen molar-refractivity contribution in [2.45, 2.75) is 25.4 Å². The number of piperidine rings is 1. The Bertz CT molecular complexity index is 455. The minimum absolute atomic E-state index is 0.0506. The summed E-state index contributed by atoms with van der Waals surface area (Å²) in [5.41, 5.74) is 0.970. The van der Waals surface area contributed by atoms with E-state index in [0.717, 1.165) is 37.2 Å². The van der Waals surface area contributed by atoms with Crippen LogP contribution in [0.5, 0.6) is 5.75 Å². The van der Waals surface area contributed by atoms with E-state index in [9.17, 15) is 4.79 Å². The largest absolute Gasteiger partial charge is 0.497 e. The Morgan fingerprint density at radius 1 is 1.38 bits per heavy atom. The van der Waals surface area contributed by atoms with Crippen LogP contribution in [-0.4, -0.2) is 55.4 Å². The first-order chi connectivity index (χ1) is 10.2. The molecule has 0 aromatic heterocycles. The number of ether oxygens (including phenoxy) is 2. The number of carbonyl (C=O) groups excluding carboxylic acids is 1. The number of benzene rings is 1. The molecule has 5 heteroatoms. The molecule has 1 heterocycles. The van der Waals surface area contributed by atoms with Crippen LogP contribution >= 0.6 is 0 Å². The molecule has 1 amide bonds. The number of likely N-dealkylation sites (tertiary alicyclic amines) is 1. The van der Waals surface area contributed by atoms with Gasteiger partial charge in [-0.2, -0.15) is 0 Å². The van der Waals surface area contributed by atoms with Crippen molar-refractivity contribution in [1.29, 1.82) is 0 Å². The van der Waals surface area contributed by atoms with Crippen molar-refractivity contribution in [2.24, 2.45) is 0 Å². The van der Waals surface area contributed by atoms with Crippen molar-refractivity contribution in [3.05, 3.63) is 29.8 Å². The summed E-state index contributed by atoms with van der Waals surface area (Å²) < 4.78 is 10.7. The van der Waals surface area contributed by atoms with E-state index >= 15 is 0 Å². The van der Waals surface area contributed by atoms with E-state index in [1.165, 1.54) is 0 Å². The van der Waals surface area contributed by atoms with Crippen LogP contribution in [0.1, 0.15) is 18.4 Å². The monoisotopic (exact) mass is 293 g/mol. The van der Waals surface area contributed by atoms with Gasteiger partial charge in [0.15, 0.2) is 0 Å². The van der Waals surface area contributed by atoms with Gasteiger partial charge in [-0.3, -0.25) is 4.79 Å². The molecule has 1 N–H and O–H groups in total. The Kier molecular flexibility index (Phi) is 6.02. The quantitative estimate of drug-likeness (QED) is 0.857. The molecule has 2 rings (SSSR count). The molecule has 0 spiro atoms. The Balaban J connectivity index is 1.81. The zero-order valence-electron chi connectivity index (χ0n) is 12.5. The first kappa shape index (κ1) is 15.8. The van der Waals surface area contributed by atoms with Crippen LogP contribution < -0.4 is 4.74 Å². The Morgan fingerprint density at radius 2 is 2.14 bits per heavy atom. The van der Waals surface area contributed by atoms with Crippen molar-refractivity contribution in [3.8, 4) is 5.75 Å². The molecule has 1 aliphatic rings. The number of hydrogen-bond donors (Lipinski definition) is 1. The van der Waals surface area contributed by atoms with Crippen molar-refractivity contribution >= 4 is 5.91 Å². The van der Waals surface area contributed by atoms with Gasteiger partial charge in [0.2, 0.25) is 5.91 Å². The van der Waals surface area contributed by atoms with Gasteiger partial charge in [-0.25, -0.2) is 0 Å². The molecule has 1 fully saturated rings. The summed E-state index contributed by atoms with van der Waals surface area (Å²) in [7, 11) is 1.62. The smallest absolute Gasteiger partial charge is 0.226 e. The standard InChI is InChI=1S/C16H23NO4/c1-20-15-4-2-3-13(11-15)12-16(19)17-7-5-14(6-8-17)21-10-9-18/h2-4,11,14,18H,5-10,12H2,1H3. The highest BCUT2D eigenvalue weighted by Crippen LogP contribution is 2.17. The lowest BCUT2D eigenvalue weighted by Crippen LogP contribution is -2.41. The molecule has 0 radical (unpaired) electrons. The van der Waals surface area contributed by atoms with Crippen LogP contribution in [0, 0.1) is 0 Å². The molecule has 0 unspecified atom stereocenters. The summed E-state index contributed by atoms with van der Waals surface area (Å²) in [6.45, 7) is 1.87. The lowest BCUT2D eigenvalue weighted by Gasteiger charge is -2.32. The molecule has 1 saturated heterocycles. The van der Waals surface area contributed by atoms with Crippen molar-refractivity contribution < 1.29 is 19.4 Å². The fourth-order valence-electron chi connectivity index (χ4n) is 2.56. The number of rotatable bonds is 6. The minimum Gasteiger partial charge on any atom is -0.497 e. The number of carbonyl (C=O) groups is 1. The van der Waals surface area contributed by atoms with Gasteiger partial charge in [0, 0.05) is 13.1 Å². The van der Waals surface area contributed by atoms with E-state index in [0.29, 0.717) is 13.0 Å². The maximum atomic E-state index is 12.3. The summed E-state index contributed by atoms with van der Waals surface area (Å²) in [6, 6.07) is 7.61. The second-order valence-corrected chi connectivity index (χ2v) is 5.20. The highest BCUT2D eigenvalue weighted by molar-refractivity contribution is 5.79. The zero-order chi connectivity index (χ0) is 15.1. The highest BCUT2D eigenvalue weighted by Gasteiger charge is 2.23. The van der Waals surface area contributed by atoms with E-state index in [2.05, 4.69) is 0 Å². The molecular weight excluding hydrogens is 270 g/mol. The Morgan fingerprint density at radius 3 is 2.81 bits per heavy atom. The summed E-state index contributed by atoms with van der Waals surface area (Å²) >= 11 is 0. The van der Waals surface area contributed by atoms with Gasteiger partial charge in [-0.15, -0.1) is 0 Å². The lowest BCUT2D eigenvalue weighted by atomic mass is 10.1. The molecule has 5 nitrogen and oxygen atoms in total. The zero-order valence-corrected chi connectivity index (χ0v) is 12.5. The summed E-state index contributed by atoms with van der Waals surface area (Å²) in [5.74, 6) is 0.917. The van der Waals surface area contributed by atoms with Gasteiger partial charge in [-0.1, -0.05) is 12.1 Å². The molecule has 0 atom stereocenters. The van der Waals surface area contributed by atoms with Crippen LogP contribution in [0.2, 0.25) is 0 Å². The molecule has 1 aromatic rings. The van der Waals surface area contributed by atoms with Crippen molar-refractivity contribution in [1.82, 2.24) is 4.90 Å². The number of aliphatic hydroxyl groups is 1. The molecule has 0 bridgehead atoms. The third kappa shape index (κ3) is 4.72. The van der Waals surface area contributed by atoms with E-state index < -0.39 is 0 Å². The normalized spacial score (nSPS) is 16.0. The molecule has 0 aliphatic carbocycles.